The lowest BCUT2D eigenvalue weighted by Crippen LogP contribution is -2.40. The van der Waals surface area contributed by atoms with Crippen LogP contribution in [0.3, 0.4) is 0 Å². The number of methoxy groups -OCH3 is 3. The fraction of sp³-hybridized carbons (Fsp3) is 0.381. The van der Waals surface area contributed by atoms with Crippen LogP contribution in [0.25, 0.3) is 0 Å². The SMILES string of the molecule is COc1ccc(OC[C@@H](C)NC(=O)[C@H](C)Sc2ccc(OC)c(OC)c2)cc1. The Hall–Kier alpha value is -2.54. The lowest BCUT2D eigenvalue weighted by Gasteiger charge is -2.18. The summed E-state index contributed by atoms with van der Waals surface area (Å²) < 4.78 is 21.4. The highest BCUT2D eigenvalue weighted by Gasteiger charge is 2.18. The Balaban J connectivity index is 1.83. The summed E-state index contributed by atoms with van der Waals surface area (Å²) >= 11 is 1.46. The number of rotatable bonds is 10. The van der Waals surface area contributed by atoms with E-state index in [1.165, 1.54) is 11.8 Å². The van der Waals surface area contributed by atoms with Crippen molar-refractivity contribution in [2.24, 2.45) is 0 Å². The minimum Gasteiger partial charge on any atom is -0.497 e. The summed E-state index contributed by atoms with van der Waals surface area (Å²) in [4.78, 5) is 13.4. The number of carbonyl (C=O) groups is 1. The minimum atomic E-state index is -0.262. The second-order valence-corrected chi connectivity index (χ2v) is 7.59. The van der Waals surface area contributed by atoms with Crippen molar-refractivity contribution in [2.45, 2.75) is 30.0 Å². The van der Waals surface area contributed by atoms with Crippen LogP contribution in [0.1, 0.15) is 13.8 Å². The van der Waals surface area contributed by atoms with Gasteiger partial charge in [0, 0.05) is 4.90 Å². The Bertz CT molecular complexity index is 766. The zero-order chi connectivity index (χ0) is 20.5. The van der Waals surface area contributed by atoms with E-state index in [1.807, 2.05) is 56.3 Å². The van der Waals surface area contributed by atoms with Gasteiger partial charge in [0.25, 0.3) is 0 Å². The van der Waals surface area contributed by atoms with E-state index in [0.717, 1.165) is 16.4 Å². The molecule has 0 radical (unpaired) electrons. The molecule has 1 N–H and O–H groups in total. The average Bonchev–Trinajstić information content (AvgIpc) is 2.72. The molecule has 2 aromatic carbocycles. The first-order chi connectivity index (χ1) is 13.5. The topological polar surface area (TPSA) is 66.0 Å². The second-order valence-electron chi connectivity index (χ2n) is 6.17. The molecule has 2 aromatic rings. The van der Waals surface area contributed by atoms with E-state index >= 15 is 0 Å². The summed E-state index contributed by atoms with van der Waals surface area (Å²) in [6.07, 6.45) is 0. The van der Waals surface area contributed by atoms with Crippen molar-refractivity contribution in [2.75, 3.05) is 27.9 Å². The number of thioether (sulfide) groups is 1. The minimum absolute atomic E-state index is 0.0504. The Morgan fingerprint density at radius 1 is 0.929 bits per heavy atom. The molecule has 2 rings (SSSR count). The monoisotopic (exact) mass is 405 g/mol. The Morgan fingerprint density at radius 3 is 2.18 bits per heavy atom. The summed E-state index contributed by atoms with van der Waals surface area (Å²) in [5, 5.41) is 2.72. The molecule has 2 atom stereocenters. The van der Waals surface area contributed by atoms with E-state index < -0.39 is 0 Å². The van der Waals surface area contributed by atoms with E-state index in [1.54, 1.807) is 21.3 Å². The molecular formula is C21H27NO5S. The highest BCUT2D eigenvalue weighted by Crippen LogP contribution is 2.33. The summed E-state index contributed by atoms with van der Waals surface area (Å²) in [5.74, 6) is 2.75. The largest absolute Gasteiger partial charge is 0.497 e. The third-order valence-electron chi connectivity index (χ3n) is 3.99. The summed E-state index contributed by atoms with van der Waals surface area (Å²) in [6.45, 7) is 4.16. The van der Waals surface area contributed by atoms with Crippen LogP contribution in [0.15, 0.2) is 47.4 Å². The van der Waals surface area contributed by atoms with Gasteiger partial charge in [0.15, 0.2) is 11.5 Å². The first kappa shape index (κ1) is 21.8. The van der Waals surface area contributed by atoms with Crippen LogP contribution in [-0.4, -0.2) is 45.1 Å². The van der Waals surface area contributed by atoms with Gasteiger partial charge in [-0.05, 0) is 56.3 Å². The van der Waals surface area contributed by atoms with Gasteiger partial charge in [-0.15, -0.1) is 11.8 Å². The Labute approximate surface area is 170 Å². The first-order valence-corrected chi connectivity index (χ1v) is 9.80. The lowest BCUT2D eigenvalue weighted by atomic mass is 10.3. The van der Waals surface area contributed by atoms with E-state index in [4.69, 9.17) is 18.9 Å². The molecule has 0 fully saturated rings. The molecule has 0 saturated heterocycles. The van der Waals surface area contributed by atoms with E-state index in [0.29, 0.717) is 18.1 Å². The summed E-state index contributed by atoms with van der Waals surface area (Å²) in [5.41, 5.74) is 0. The quantitative estimate of drug-likeness (QED) is 0.607. The van der Waals surface area contributed by atoms with Gasteiger partial charge in [-0.3, -0.25) is 4.79 Å². The van der Waals surface area contributed by atoms with E-state index in [-0.39, 0.29) is 17.2 Å². The predicted molar refractivity (Wildman–Crippen MR) is 111 cm³/mol. The van der Waals surface area contributed by atoms with Gasteiger partial charge in [0.1, 0.15) is 18.1 Å². The molecule has 0 heterocycles. The summed E-state index contributed by atoms with van der Waals surface area (Å²) in [7, 11) is 4.80. The molecule has 0 saturated carbocycles. The molecule has 0 aromatic heterocycles. The van der Waals surface area contributed by atoms with Crippen LogP contribution in [-0.2, 0) is 4.79 Å². The number of benzene rings is 2. The molecule has 28 heavy (non-hydrogen) atoms. The maximum atomic E-state index is 12.5. The average molecular weight is 406 g/mol. The van der Waals surface area contributed by atoms with Gasteiger partial charge in [-0.2, -0.15) is 0 Å². The molecule has 7 heteroatoms. The Kier molecular flexibility index (Phi) is 8.32. The van der Waals surface area contributed by atoms with E-state index in [9.17, 15) is 4.79 Å². The fourth-order valence-electron chi connectivity index (χ4n) is 2.44. The predicted octanol–water partition coefficient (Wildman–Crippen LogP) is 3.78. The van der Waals surface area contributed by atoms with Gasteiger partial charge >= 0.3 is 0 Å². The number of hydrogen-bond acceptors (Lipinski definition) is 6. The molecule has 1 amide bonds. The normalized spacial score (nSPS) is 12.6. The Morgan fingerprint density at radius 2 is 1.57 bits per heavy atom. The van der Waals surface area contributed by atoms with Crippen molar-refractivity contribution in [3.63, 3.8) is 0 Å². The maximum Gasteiger partial charge on any atom is 0.233 e. The van der Waals surface area contributed by atoms with Gasteiger partial charge in [0.05, 0.1) is 32.6 Å². The highest BCUT2D eigenvalue weighted by molar-refractivity contribution is 8.00. The fourth-order valence-corrected chi connectivity index (χ4v) is 3.35. The zero-order valence-electron chi connectivity index (χ0n) is 16.9. The second kappa shape index (κ2) is 10.7. The van der Waals surface area contributed by atoms with Crippen LogP contribution >= 0.6 is 11.8 Å². The number of hydrogen-bond donors (Lipinski definition) is 1. The molecule has 0 bridgehead atoms. The molecule has 0 aliphatic heterocycles. The molecule has 0 spiro atoms. The standard InChI is InChI=1S/C21H27NO5S/c1-14(13-27-17-8-6-16(24-3)7-9-17)22-21(23)15(2)28-18-10-11-19(25-4)20(12-18)26-5/h6-12,14-15H,13H2,1-5H3,(H,22,23)/t14-,15+/m1/s1. The molecule has 0 aliphatic rings. The van der Waals surface area contributed by atoms with Crippen LogP contribution < -0.4 is 24.3 Å². The zero-order valence-corrected chi connectivity index (χ0v) is 17.7. The van der Waals surface area contributed by atoms with Crippen LogP contribution in [0.2, 0.25) is 0 Å². The highest BCUT2D eigenvalue weighted by atomic mass is 32.2. The van der Waals surface area contributed by atoms with Crippen molar-refractivity contribution < 1.29 is 23.7 Å². The third-order valence-corrected chi connectivity index (χ3v) is 5.08. The molecule has 0 aliphatic carbocycles. The molecule has 0 unspecified atom stereocenters. The number of ether oxygens (including phenoxy) is 4. The number of amides is 1. The lowest BCUT2D eigenvalue weighted by molar-refractivity contribution is -0.121. The van der Waals surface area contributed by atoms with Crippen LogP contribution in [0, 0.1) is 0 Å². The van der Waals surface area contributed by atoms with Gasteiger partial charge in [0.2, 0.25) is 5.91 Å². The van der Waals surface area contributed by atoms with Gasteiger partial charge in [-0.1, -0.05) is 0 Å². The van der Waals surface area contributed by atoms with Gasteiger partial charge in [-0.25, -0.2) is 0 Å². The van der Waals surface area contributed by atoms with Crippen molar-refractivity contribution in [3.8, 4) is 23.0 Å². The molecule has 152 valence electrons. The van der Waals surface area contributed by atoms with Crippen LogP contribution in [0.5, 0.6) is 23.0 Å². The number of carbonyl (C=O) groups excluding carboxylic acids is 1. The maximum absolute atomic E-state index is 12.5. The molecule has 6 nitrogen and oxygen atoms in total. The number of nitrogens with one attached hydrogen (secondary N) is 1. The van der Waals surface area contributed by atoms with Crippen molar-refractivity contribution in [1.82, 2.24) is 5.32 Å². The van der Waals surface area contributed by atoms with E-state index in [2.05, 4.69) is 5.32 Å². The third kappa shape index (κ3) is 6.27. The van der Waals surface area contributed by atoms with Crippen molar-refractivity contribution in [3.05, 3.63) is 42.5 Å². The van der Waals surface area contributed by atoms with Crippen LogP contribution in [0.4, 0.5) is 0 Å². The molecular weight excluding hydrogens is 378 g/mol. The van der Waals surface area contributed by atoms with Crippen molar-refractivity contribution >= 4 is 17.7 Å². The summed E-state index contributed by atoms with van der Waals surface area (Å²) in [6, 6.07) is 12.8. The van der Waals surface area contributed by atoms with Gasteiger partial charge < -0.3 is 24.3 Å². The van der Waals surface area contributed by atoms with Crippen molar-refractivity contribution in [1.29, 1.82) is 0 Å². The smallest absolute Gasteiger partial charge is 0.233 e. The first-order valence-electron chi connectivity index (χ1n) is 8.92.